The van der Waals surface area contributed by atoms with Crippen molar-refractivity contribution in [3.8, 4) is 0 Å². The first-order valence-corrected chi connectivity index (χ1v) is 5.84. The molecule has 17 heavy (non-hydrogen) atoms. The fourth-order valence-electron chi connectivity index (χ4n) is 1.64. The molecule has 1 saturated heterocycles. The number of nitrogens with one attached hydrogen (secondary N) is 1. The molecule has 0 spiro atoms. The van der Waals surface area contributed by atoms with Gasteiger partial charge < -0.3 is 9.47 Å². The van der Waals surface area contributed by atoms with E-state index < -0.39 is 0 Å². The Morgan fingerprint density at radius 1 is 1.12 bits per heavy atom. The normalized spacial score (nSPS) is 17.2. The van der Waals surface area contributed by atoms with E-state index in [0.717, 1.165) is 19.4 Å². The van der Waals surface area contributed by atoms with Gasteiger partial charge in [0.1, 0.15) is 0 Å². The van der Waals surface area contributed by atoms with Crippen molar-refractivity contribution in [3.63, 3.8) is 0 Å². The third-order valence-electron chi connectivity index (χ3n) is 2.46. The van der Waals surface area contributed by atoms with Crippen molar-refractivity contribution in [1.82, 2.24) is 10.2 Å². The van der Waals surface area contributed by atoms with Gasteiger partial charge in [0.15, 0.2) is 0 Å². The first kappa shape index (κ1) is 14.1. The Balaban J connectivity index is 1.98. The van der Waals surface area contributed by atoms with Gasteiger partial charge in [0, 0.05) is 13.7 Å². The van der Waals surface area contributed by atoms with Crippen LogP contribution in [0.5, 0.6) is 0 Å². The molecule has 0 aromatic heterocycles. The Kier molecular flexibility index (Phi) is 6.76. The Morgan fingerprint density at radius 2 is 1.82 bits per heavy atom. The molecule has 0 unspecified atom stereocenters. The number of unbranched alkanes of at least 4 members (excludes halogenated alkanes) is 1. The van der Waals surface area contributed by atoms with Gasteiger partial charge in [0.05, 0.1) is 26.3 Å². The maximum atomic E-state index is 11.1. The molecule has 0 saturated carbocycles. The van der Waals surface area contributed by atoms with Crippen LogP contribution < -0.4 is 5.32 Å². The first-order valence-electron chi connectivity index (χ1n) is 5.84. The van der Waals surface area contributed by atoms with Crippen LogP contribution in [0.2, 0.25) is 0 Å². The molecule has 0 atom stereocenters. The van der Waals surface area contributed by atoms with Gasteiger partial charge >= 0.3 is 0 Å². The van der Waals surface area contributed by atoms with E-state index in [1.54, 1.807) is 7.11 Å². The van der Waals surface area contributed by atoms with Gasteiger partial charge in [-0.25, -0.2) is 0 Å². The maximum absolute atomic E-state index is 11.1. The summed E-state index contributed by atoms with van der Waals surface area (Å²) in [6, 6.07) is 0. The van der Waals surface area contributed by atoms with E-state index in [4.69, 9.17) is 9.47 Å². The first-order chi connectivity index (χ1) is 8.22. The lowest BCUT2D eigenvalue weighted by Gasteiger charge is -2.24. The van der Waals surface area contributed by atoms with E-state index in [1.807, 2.05) is 4.90 Å². The molecular weight excluding hydrogens is 224 g/mol. The van der Waals surface area contributed by atoms with Crippen LogP contribution in [-0.2, 0) is 19.1 Å². The second-order valence-corrected chi connectivity index (χ2v) is 3.99. The van der Waals surface area contributed by atoms with Crippen molar-refractivity contribution >= 4 is 11.8 Å². The maximum Gasteiger partial charge on any atom is 0.240 e. The van der Waals surface area contributed by atoms with Crippen LogP contribution in [0.3, 0.4) is 0 Å². The zero-order chi connectivity index (χ0) is 12.5. The Labute approximate surface area is 101 Å². The molecule has 0 aromatic carbocycles. The molecule has 1 aliphatic heterocycles. The number of methoxy groups -OCH3 is 1. The summed E-state index contributed by atoms with van der Waals surface area (Å²) in [4.78, 5) is 24.0. The lowest BCUT2D eigenvalue weighted by atomic mass is 10.2. The molecule has 1 heterocycles. The van der Waals surface area contributed by atoms with Gasteiger partial charge in [-0.3, -0.25) is 19.8 Å². The molecule has 6 heteroatoms. The summed E-state index contributed by atoms with van der Waals surface area (Å²) in [6.45, 7) is 3.30. The number of ether oxygens (including phenoxy) is 2. The van der Waals surface area contributed by atoms with Crippen LogP contribution in [0.1, 0.15) is 12.8 Å². The van der Waals surface area contributed by atoms with E-state index in [2.05, 4.69) is 5.32 Å². The van der Waals surface area contributed by atoms with E-state index in [-0.39, 0.29) is 11.8 Å². The molecule has 1 N–H and O–H groups in total. The quantitative estimate of drug-likeness (QED) is 0.455. The average Bonchev–Trinajstić information content (AvgIpc) is 2.26. The number of carbonyl (C=O) groups is 2. The number of amides is 2. The standard InChI is InChI=1S/C11H20N2O4/c1-16-6-7-17-5-3-2-4-13-8-10(14)12-11(15)9-13/h2-9H2,1H3,(H,12,14,15). The zero-order valence-electron chi connectivity index (χ0n) is 10.2. The van der Waals surface area contributed by atoms with E-state index in [9.17, 15) is 9.59 Å². The number of hydrogen-bond acceptors (Lipinski definition) is 5. The minimum Gasteiger partial charge on any atom is -0.382 e. The molecule has 0 bridgehead atoms. The second kappa shape index (κ2) is 8.16. The molecule has 2 amide bonds. The minimum absolute atomic E-state index is 0.211. The number of carbonyl (C=O) groups excluding carboxylic acids is 2. The number of nitrogens with zero attached hydrogens (tertiary/aromatic N) is 1. The van der Waals surface area contributed by atoms with Crippen molar-refractivity contribution < 1.29 is 19.1 Å². The third kappa shape index (κ3) is 6.35. The van der Waals surface area contributed by atoms with Crippen molar-refractivity contribution in [2.45, 2.75) is 12.8 Å². The van der Waals surface area contributed by atoms with Crippen molar-refractivity contribution in [3.05, 3.63) is 0 Å². The molecule has 1 aliphatic rings. The van der Waals surface area contributed by atoms with Crippen LogP contribution in [0.25, 0.3) is 0 Å². The Hall–Kier alpha value is -0.980. The van der Waals surface area contributed by atoms with Crippen molar-refractivity contribution in [2.24, 2.45) is 0 Å². The highest BCUT2D eigenvalue weighted by Crippen LogP contribution is 1.99. The van der Waals surface area contributed by atoms with Gasteiger partial charge in [0.2, 0.25) is 11.8 Å². The van der Waals surface area contributed by atoms with Gasteiger partial charge in [0.25, 0.3) is 0 Å². The highest BCUT2D eigenvalue weighted by molar-refractivity contribution is 5.99. The lowest BCUT2D eigenvalue weighted by molar-refractivity contribution is -0.136. The summed E-state index contributed by atoms with van der Waals surface area (Å²) in [5.74, 6) is -0.421. The van der Waals surface area contributed by atoms with E-state index >= 15 is 0 Å². The van der Waals surface area contributed by atoms with Gasteiger partial charge in [-0.15, -0.1) is 0 Å². The summed E-state index contributed by atoms with van der Waals surface area (Å²) >= 11 is 0. The fourth-order valence-corrected chi connectivity index (χ4v) is 1.64. The summed E-state index contributed by atoms with van der Waals surface area (Å²) < 4.78 is 10.2. The smallest absolute Gasteiger partial charge is 0.240 e. The Morgan fingerprint density at radius 3 is 2.47 bits per heavy atom. The average molecular weight is 244 g/mol. The summed E-state index contributed by atoms with van der Waals surface area (Å²) in [5.41, 5.74) is 0. The van der Waals surface area contributed by atoms with Gasteiger partial charge in [-0.2, -0.15) is 0 Å². The molecule has 0 aromatic rings. The SMILES string of the molecule is COCCOCCCCN1CC(=O)NC(=O)C1. The van der Waals surface area contributed by atoms with E-state index in [1.165, 1.54) is 0 Å². The summed E-state index contributed by atoms with van der Waals surface area (Å²) in [6.07, 6.45) is 1.85. The second-order valence-electron chi connectivity index (χ2n) is 3.99. The van der Waals surface area contributed by atoms with E-state index in [0.29, 0.717) is 32.9 Å². The summed E-state index contributed by atoms with van der Waals surface area (Å²) in [7, 11) is 1.64. The number of piperazine rings is 1. The third-order valence-corrected chi connectivity index (χ3v) is 2.46. The highest BCUT2D eigenvalue weighted by atomic mass is 16.5. The molecule has 1 rings (SSSR count). The number of rotatable bonds is 8. The minimum atomic E-state index is -0.211. The summed E-state index contributed by atoms with van der Waals surface area (Å²) in [5, 5.41) is 2.28. The van der Waals surface area contributed by atoms with Gasteiger partial charge in [-0.1, -0.05) is 0 Å². The number of hydrogen-bond donors (Lipinski definition) is 1. The largest absolute Gasteiger partial charge is 0.382 e. The topological polar surface area (TPSA) is 67.9 Å². The monoisotopic (exact) mass is 244 g/mol. The Bertz CT molecular complexity index is 242. The lowest BCUT2D eigenvalue weighted by Crippen LogP contribution is -2.51. The molecule has 1 fully saturated rings. The zero-order valence-corrected chi connectivity index (χ0v) is 10.2. The number of imide groups is 1. The highest BCUT2D eigenvalue weighted by Gasteiger charge is 2.21. The predicted molar refractivity (Wildman–Crippen MR) is 61.5 cm³/mol. The van der Waals surface area contributed by atoms with Crippen LogP contribution in [0.4, 0.5) is 0 Å². The molecule has 0 aliphatic carbocycles. The van der Waals surface area contributed by atoms with Crippen LogP contribution in [0, 0.1) is 0 Å². The van der Waals surface area contributed by atoms with Crippen LogP contribution in [0.15, 0.2) is 0 Å². The molecule has 0 radical (unpaired) electrons. The van der Waals surface area contributed by atoms with Crippen molar-refractivity contribution in [2.75, 3.05) is 46.6 Å². The van der Waals surface area contributed by atoms with Crippen LogP contribution in [-0.4, -0.2) is 63.3 Å². The fraction of sp³-hybridized carbons (Fsp3) is 0.818. The molecule has 6 nitrogen and oxygen atoms in total. The van der Waals surface area contributed by atoms with Gasteiger partial charge in [-0.05, 0) is 19.4 Å². The molecular formula is C11H20N2O4. The predicted octanol–water partition coefficient (Wildman–Crippen LogP) is -0.612. The van der Waals surface area contributed by atoms with Crippen molar-refractivity contribution in [1.29, 1.82) is 0 Å². The van der Waals surface area contributed by atoms with Crippen LogP contribution >= 0.6 is 0 Å². The molecule has 98 valence electrons.